The summed E-state index contributed by atoms with van der Waals surface area (Å²) in [6.45, 7) is 0.794. The Balaban J connectivity index is 1.13. The molecule has 9 nitrogen and oxygen atoms in total. The van der Waals surface area contributed by atoms with Crippen molar-refractivity contribution in [1.82, 2.24) is 15.4 Å². The molecule has 3 aromatic carbocycles. The first-order chi connectivity index (χ1) is 16.7. The van der Waals surface area contributed by atoms with Crippen molar-refractivity contribution in [3.05, 3.63) is 66.2 Å². The Morgan fingerprint density at radius 2 is 1.88 bits per heavy atom. The molecule has 0 spiro atoms. The highest BCUT2D eigenvalue weighted by Gasteiger charge is 2.41. The summed E-state index contributed by atoms with van der Waals surface area (Å²) < 4.78 is 11.1. The molecule has 6 rings (SSSR count). The van der Waals surface area contributed by atoms with Gasteiger partial charge < -0.3 is 14.8 Å². The van der Waals surface area contributed by atoms with E-state index in [0.29, 0.717) is 36.8 Å². The van der Waals surface area contributed by atoms with E-state index in [1.807, 2.05) is 18.2 Å². The average Bonchev–Trinajstić information content (AvgIpc) is 3.30. The number of carbonyl (C=O) groups excluding carboxylic acids is 2. The SMILES string of the molecule is O=C(CN1N=CN2NC(c3cccc4ccccc34)CC2C1=O)Nc1ccc2c(c1)OCCO2. The summed E-state index contributed by atoms with van der Waals surface area (Å²) >= 11 is 0. The van der Waals surface area contributed by atoms with Crippen LogP contribution in [0.4, 0.5) is 5.69 Å². The van der Waals surface area contributed by atoms with E-state index in [4.69, 9.17) is 9.47 Å². The lowest BCUT2D eigenvalue weighted by molar-refractivity contribution is -0.139. The fraction of sp³-hybridized carbons (Fsp3) is 0.240. The van der Waals surface area contributed by atoms with Gasteiger partial charge in [0.2, 0.25) is 5.91 Å². The second-order valence-electron chi connectivity index (χ2n) is 8.44. The molecule has 2 atom stereocenters. The number of anilines is 1. The molecule has 0 saturated carbocycles. The number of hydrazone groups is 1. The molecule has 3 aliphatic rings. The third-order valence-corrected chi connectivity index (χ3v) is 6.27. The number of benzene rings is 3. The number of nitrogens with zero attached hydrogens (tertiary/aromatic N) is 3. The van der Waals surface area contributed by atoms with Gasteiger partial charge in [-0.15, -0.1) is 0 Å². The molecule has 3 heterocycles. The summed E-state index contributed by atoms with van der Waals surface area (Å²) in [6, 6.07) is 19.1. The van der Waals surface area contributed by atoms with E-state index in [9.17, 15) is 9.59 Å². The molecule has 34 heavy (non-hydrogen) atoms. The van der Waals surface area contributed by atoms with Crippen molar-refractivity contribution in [2.24, 2.45) is 5.10 Å². The predicted octanol–water partition coefficient (Wildman–Crippen LogP) is 2.66. The summed E-state index contributed by atoms with van der Waals surface area (Å²) in [6.07, 6.45) is 2.16. The number of fused-ring (bicyclic) bond motifs is 3. The monoisotopic (exact) mass is 457 g/mol. The van der Waals surface area contributed by atoms with E-state index in [2.05, 4.69) is 40.1 Å². The summed E-state index contributed by atoms with van der Waals surface area (Å²) in [7, 11) is 0. The fourth-order valence-corrected chi connectivity index (χ4v) is 4.67. The second kappa shape index (κ2) is 8.35. The Morgan fingerprint density at radius 3 is 2.79 bits per heavy atom. The zero-order chi connectivity index (χ0) is 23.1. The van der Waals surface area contributed by atoms with Crippen LogP contribution in [0.5, 0.6) is 11.5 Å². The number of hydrazine groups is 1. The highest BCUT2D eigenvalue weighted by molar-refractivity contribution is 5.97. The van der Waals surface area contributed by atoms with Crippen LogP contribution in [0.1, 0.15) is 18.0 Å². The van der Waals surface area contributed by atoms with Gasteiger partial charge in [0.15, 0.2) is 11.5 Å². The van der Waals surface area contributed by atoms with Crippen LogP contribution in [-0.2, 0) is 9.59 Å². The third-order valence-electron chi connectivity index (χ3n) is 6.27. The third kappa shape index (κ3) is 3.69. The van der Waals surface area contributed by atoms with Gasteiger partial charge in [-0.05, 0) is 34.9 Å². The lowest BCUT2D eigenvalue weighted by Gasteiger charge is -2.29. The Bertz CT molecular complexity index is 1300. The smallest absolute Gasteiger partial charge is 0.267 e. The van der Waals surface area contributed by atoms with Crippen LogP contribution < -0.4 is 20.2 Å². The normalized spacial score (nSPS) is 21.0. The topological polar surface area (TPSA) is 95.5 Å². The van der Waals surface area contributed by atoms with Gasteiger partial charge in [0, 0.05) is 11.8 Å². The maximum absolute atomic E-state index is 13.1. The van der Waals surface area contributed by atoms with Crippen molar-refractivity contribution < 1.29 is 19.1 Å². The molecule has 9 heteroatoms. The van der Waals surface area contributed by atoms with E-state index in [-0.39, 0.29) is 24.4 Å². The van der Waals surface area contributed by atoms with Crippen molar-refractivity contribution in [1.29, 1.82) is 0 Å². The number of nitrogens with one attached hydrogen (secondary N) is 2. The summed E-state index contributed by atoms with van der Waals surface area (Å²) in [5.41, 5.74) is 5.09. The van der Waals surface area contributed by atoms with E-state index in [1.165, 1.54) is 5.01 Å². The van der Waals surface area contributed by atoms with E-state index < -0.39 is 6.04 Å². The van der Waals surface area contributed by atoms with Gasteiger partial charge in [0.05, 0.1) is 6.04 Å². The van der Waals surface area contributed by atoms with E-state index >= 15 is 0 Å². The minimum absolute atomic E-state index is 0.0296. The molecule has 0 radical (unpaired) electrons. The van der Waals surface area contributed by atoms with Gasteiger partial charge in [-0.25, -0.2) is 10.4 Å². The van der Waals surface area contributed by atoms with Crippen molar-refractivity contribution in [2.75, 3.05) is 25.1 Å². The van der Waals surface area contributed by atoms with Gasteiger partial charge in [-0.2, -0.15) is 5.10 Å². The number of ether oxygens (including phenoxy) is 2. The predicted molar refractivity (Wildman–Crippen MR) is 126 cm³/mol. The maximum atomic E-state index is 13.1. The van der Waals surface area contributed by atoms with Crippen LogP contribution in [-0.4, -0.2) is 54.0 Å². The van der Waals surface area contributed by atoms with Crippen LogP contribution in [0.3, 0.4) is 0 Å². The largest absolute Gasteiger partial charge is 0.486 e. The minimum atomic E-state index is -0.427. The summed E-state index contributed by atoms with van der Waals surface area (Å²) in [4.78, 5) is 25.8. The molecule has 1 fully saturated rings. The molecule has 2 N–H and O–H groups in total. The first kappa shape index (κ1) is 20.5. The zero-order valence-corrected chi connectivity index (χ0v) is 18.3. The van der Waals surface area contributed by atoms with Gasteiger partial charge in [-0.1, -0.05) is 42.5 Å². The quantitative estimate of drug-likeness (QED) is 0.626. The van der Waals surface area contributed by atoms with E-state index in [0.717, 1.165) is 16.3 Å². The zero-order valence-electron chi connectivity index (χ0n) is 18.3. The van der Waals surface area contributed by atoms with Crippen molar-refractivity contribution in [2.45, 2.75) is 18.5 Å². The number of hydrogen-bond donors (Lipinski definition) is 2. The van der Waals surface area contributed by atoms with Crippen LogP contribution in [0, 0.1) is 0 Å². The average molecular weight is 457 g/mol. The molecule has 0 aliphatic carbocycles. The minimum Gasteiger partial charge on any atom is -0.486 e. The molecule has 1 saturated heterocycles. The molecule has 2 unspecified atom stereocenters. The Morgan fingerprint density at radius 1 is 1.06 bits per heavy atom. The Labute approximate surface area is 195 Å². The van der Waals surface area contributed by atoms with Crippen LogP contribution in [0.2, 0.25) is 0 Å². The lowest BCUT2D eigenvalue weighted by atomic mass is 9.96. The first-order valence-corrected chi connectivity index (χ1v) is 11.2. The fourth-order valence-electron chi connectivity index (χ4n) is 4.67. The molecular formula is C25H23N5O4. The summed E-state index contributed by atoms with van der Waals surface area (Å²) in [5, 5.41) is 12.3. The lowest BCUT2D eigenvalue weighted by Crippen LogP contribution is -2.52. The molecular weight excluding hydrogens is 434 g/mol. The molecule has 172 valence electrons. The van der Waals surface area contributed by atoms with Gasteiger partial charge in [-0.3, -0.25) is 14.6 Å². The van der Waals surface area contributed by atoms with Gasteiger partial charge >= 0.3 is 0 Å². The molecule has 0 bridgehead atoms. The van der Waals surface area contributed by atoms with Crippen LogP contribution in [0.15, 0.2) is 65.8 Å². The second-order valence-corrected chi connectivity index (χ2v) is 8.44. The first-order valence-electron chi connectivity index (χ1n) is 11.2. The van der Waals surface area contributed by atoms with Crippen molar-refractivity contribution in [3.8, 4) is 11.5 Å². The van der Waals surface area contributed by atoms with Crippen molar-refractivity contribution >= 4 is 34.6 Å². The number of rotatable bonds is 4. The maximum Gasteiger partial charge on any atom is 0.267 e. The van der Waals surface area contributed by atoms with Crippen LogP contribution in [0.25, 0.3) is 10.8 Å². The standard InChI is InChI=1S/C25H23N5O4/c31-24(27-17-8-9-22-23(12-17)34-11-10-33-22)14-29-25(32)21-13-20(28-30(21)15-26-29)19-7-3-5-16-4-1-2-6-18(16)19/h1-9,12,15,20-21,28H,10-11,13-14H2,(H,27,31). The summed E-state index contributed by atoms with van der Waals surface area (Å²) in [5.74, 6) is 0.681. The highest BCUT2D eigenvalue weighted by atomic mass is 16.6. The van der Waals surface area contributed by atoms with Crippen molar-refractivity contribution in [3.63, 3.8) is 0 Å². The molecule has 3 aromatic rings. The molecule has 3 aliphatic heterocycles. The van der Waals surface area contributed by atoms with Gasteiger partial charge in [0.1, 0.15) is 32.1 Å². The molecule has 0 aromatic heterocycles. The van der Waals surface area contributed by atoms with Crippen LogP contribution >= 0.6 is 0 Å². The highest BCUT2D eigenvalue weighted by Crippen LogP contribution is 2.34. The molecule has 2 amide bonds. The van der Waals surface area contributed by atoms with E-state index in [1.54, 1.807) is 29.5 Å². The Kier molecular flexibility index (Phi) is 5.03. The number of carbonyl (C=O) groups is 2. The Hall–Kier alpha value is -4.11. The number of hydrogen-bond acceptors (Lipinski definition) is 7. The van der Waals surface area contributed by atoms with Gasteiger partial charge in [0.25, 0.3) is 5.91 Å². The number of amides is 2.